The highest BCUT2D eigenvalue weighted by Crippen LogP contribution is 2.38. The van der Waals surface area contributed by atoms with Crippen LogP contribution < -0.4 is 5.73 Å². The lowest BCUT2D eigenvalue weighted by Crippen LogP contribution is -2.58. The maximum absolute atomic E-state index is 6.13. The van der Waals surface area contributed by atoms with E-state index in [2.05, 4.69) is 32.6 Å². The van der Waals surface area contributed by atoms with E-state index in [9.17, 15) is 0 Å². The number of hydrogen-bond donors (Lipinski definition) is 1. The molecule has 0 bridgehead atoms. The van der Waals surface area contributed by atoms with Gasteiger partial charge in [0.15, 0.2) is 0 Å². The number of nitrogens with two attached hydrogens (primary N) is 1. The summed E-state index contributed by atoms with van der Waals surface area (Å²) in [4.78, 5) is 2.63. The van der Waals surface area contributed by atoms with Gasteiger partial charge < -0.3 is 5.73 Å². The summed E-state index contributed by atoms with van der Waals surface area (Å²) >= 11 is 0. The van der Waals surface area contributed by atoms with Crippen molar-refractivity contribution in [2.75, 3.05) is 13.1 Å². The SMILES string of the molecule is CCCC1CCC(CN)(N(CC)C(C)C)CC1. The first-order valence-corrected chi connectivity index (χ1v) is 7.56. The second-order valence-corrected chi connectivity index (χ2v) is 6.04. The van der Waals surface area contributed by atoms with Crippen LogP contribution in [-0.2, 0) is 0 Å². The van der Waals surface area contributed by atoms with Crippen molar-refractivity contribution < 1.29 is 0 Å². The second kappa shape index (κ2) is 6.75. The van der Waals surface area contributed by atoms with Gasteiger partial charge >= 0.3 is 0 Å². The van der Waals surface area contributed by atoms with Crippen LogP contribution in [0.5, 0.6) is 0 Å². The number of nitrogens with zero attached hydrogens (tertiary/aromatic N) is 1. The fourth-order valence-corrected chi connectivity index (χ4v) is 3.77. The van der Waals surface area contributed by atoms with Crippen molar-refractivity contribution in [1.82, 2.24) is 4.90 Å². The minimum absolute atomic E-state index is 0.299. The third-order valence-electron chi connectivity index (χ3n) is 4.69. The van der Waals surface area contributed by atoms with E-state index in [4.69, 9.17) is 5.73 Å². The maximum Gasteiger partial charge on any atom is 0.0334 e. The molecule has 2 N–H and O–H groups in total. The third-order valence-corrected chi connectivity index (χ3v) is 4.69. The van der Waals surface area contributed by atoms with Crippen LogP contribution in [0, 0.1) is 5.92 Å². The van der Waals surface area contributed by atoms with E-state index in [1.165, 1.54) is 38.5 Å². The zero-order valence-electron chi connectivity index (χ0n) is 12.3. The molecule has 1 aliphatic carbocycles. The van der Waals surface area contributed by atoms with Gasteiger partial charge in [0, 0.05) is 18.1 Å². The Morgan fingerprint density at radius 2 is 1.82 bits per heavy atom. The lowest BCUT2D eigenvalue weighted by Gasteiger charge is -2.49. The number of likely N-dealkylation sites (N-methyl/N-ethyl adjacent to an activating group) is 1. The van der Waals surface area contributed by atoms with E-state index in [1.807, 2.05) is 0 Å². The molecule has 2 nitrogen and oxygen atoms in total. The van der Waals surface area contributed by atoms with E-state index >= 15 is 0 Å². The second-order valence-electron chi connectivity index (χ2n) is 6.04. The Hall–Kier alpha value is -0.0800. The lowest BCUT2D eigenvalue weighted by molar-refractivity contribution is 0.0212. The molecule has 1 saturated carbocycles. The molecule has 1 fully saturated rings. The molecule has 1 rings (SSSR count). The van der Waals surface area contributed by atoms with E-state index in [1.54, 1.807) is 0 Å². The molecule has 2 heteroatoms. The highest BCUT2D eigenvalue weighted by atomic mass is 15.2. The maximum atomic E-state index is 6.13. The van der Waals surface area contributed by atoms with Crippen LogP contribution in [0.1, 0.15) is 66.2 Å². The molecule has 0 aliphatic heterocycles. The normalized spacial score (nSPS) is 30.2. The van der Waals surface area contributed by atoms with Gasteiger partial charge in [-0.25, -0.2) is 0 Å². The molecule has 17 heavy (non-hydrogen) atoms. The van der Waals surface area contributed by atoms with Gasteiger partial charge in [0.1, 0.15) is 0 Å². The summed E-state index contributed by atoms with van der Waals surface area (Å²) in [6.45, 7) is 11.1. The largest absolute Gasteiger partial charge is 0.329 e. The van der Waals surface area contributed by atoms with Crippen LogP contribution in [0.15, 0.2) is 0 Å². The summed E-state index contributed by atoms with van der Waals surface area (Å²) < 4.78 is 0. The van der Waals surface area contributed by atoms with Crippen molar-refractivity contribution in [3.05, 3.63) is 0 Å². The van der Waals surface area contributed by atoms with Crippen molar-refractivity contribution in [1.29, 1.82) is 0 Å². The Labute approximate surface area is 108 Å². The molecule has 0 heterocycles. The van der Waals surface area contributed by atoms with Crippen molar-refractivity contribution >= 4 is 0 Å². The fraction of sp³-hybridized carbons (Fsp3) is 1.00. The molecule has 0 aromatic carbocycles. The van der Waals surface area contributed by atoms with Crippen LogP contribution in [0.25, 0.3) is 0 Å². The average molecular weight is 240 g/mol. The molecule has 0 saturated heterocycles. The molecule has 0 unspecified atom stereocenters. The first-order valence-electron chi connectivity index (χ1n) is 7.56. The van der Waals surface area contributed by atoms with Gasteiger partial charge in [-0.1, -0.05) is 26.7 Å². The van der Waals surface area contributed by atoms with Crippen LogP contribution >= 0.6 is 0 Å². The summed E-state index contributed by atoms with van der Waals surface area (Å²) in [5.74, 6) is 0.963. The Morgan fingerprint density at radius 3 is 2.18 bits per heavy atom. The van der Waals surface area contributed by atoms with Crippen molar-refractivity contribution in [3.63, 3.8) is 0 Å². The van der Waals surface area contributed by atoms with Crippen molar-refractivity contribution in [2.45, 2.75) is 77.8 Å². The molecule has 1 aliphatic rings. The minimum atomic E-state index is 0.299. The zero-order chi connectivity index (χ0) is 12.9. The summed E-state index contributed by atoms with van der Waals surface area (Å²) in [7, 11) is 0. The average Bonchev–Trinajstić information content (AvgIpc) is 2.32. The number of hydrogen-bond acceptors (Lipinski definition) is 2. The predicted molar refractivity (Wildman–Crippen MR) is 76.2 cm³/mol. The molecule has 0 spiro atoms. The van der Waals surface area contributed by atoms with Gasteiger partial charge in [0.2, 0.25) is 0 Å². The Kier molecular flexibility index (Phi) is 5.94. The van der Waals surface area contributed by atoms with Crippen LogP contribution in [0.3, 0.4) is 0 Å². The van der Waals surface area contributed by atoms with E-state index < -0.39 is 0 Å². The van der Waals surface area contributed by atoms with Gasteiger partial charge in [0.05, 0.1) is 0 Å². The standard InChI is InChI=1S/C15H32N2/c1-5-7-14-8-10-15(12-16,11-9-14)17(6-2)13(3)4/h13-14H,5-12,16H2,1-4H3. The molecule has 0 amide bonds. The van der Waals surface area contributed by atoms with E-state index in [0.29, 0.717) is 11.6 Å². The smallest absolute Gasteiger partial charge is 0.0334 e. The zero-order valence-corrected chi connectivity index (χ0v) is 12.3. The van der Waals surface area contributed by atoms with Gasteiger partial charge in [-0.05, 0) is 52.0 Å². The molecular formula is C15H32N2. The van der Waals surface area contributed by atoms with Crippen LogP contribution in [0.2, 0.25) is 0 Å². The fourth-order valence-electron chi connectivity index (χ4n) is 3.77. The Bertz CT molecular complexity index is 205. The molecule has 0 aromatic heterocycles. The quantitative estimate of drug-likeness (QED) is 0.771. The summed E-state index contributed by atoms with van der Waals surface area (Å²) in [5, 5.41) is 0. The molecule has 0 aromatic rings. The highest BCUT2D eigenvalue weighted by Gasteiger charge is 2.39. The first-order chi connectivity index (χ1) is 8.09. The van der Waals surface area contributed by atoms with Crippen LogP contribution in [0.4, 0.5) is 0 Å². The summed E-state index contributed by atoms with van der Waals surface area (Å²) in [6.07, 6.45) is 8.12. The highest BCUT2D eigenvalue weighted by molar-refractivity contribution is 4.96. The van der Waals surface area contributed by atoms with E-state index in [-0.39, 0.29) is 0 Å². The van der Waals surface area contributed by atoms with Gasteiger partial charge in [-0.2, -0.15) is 0 Å². The molecular weight excluding hydrogens is 208 g/mol. The van der Waals surface area contributed by atoms with Crippen LogP contribution in [-0.4, -0.2) is 29.6 Å². The molecule has 0 radical (unpaired) electrons. The summed E-state index contributed by atoms with van der Waals surface area (Å²) in [6, 6.07) is 0.617. The first kappa shape index (κ1) is 15.0. The van der Waals surface area contributed by atoms with Crippen molar-refractivity contribution in [3.8, 4) is 0 Å². The van der Waals surface area contributed by atoms with Gasteiger partial charge in [0.25, 0.3) is 0 Å². The van der Waals surface area contributed by atoms with E-state index in [0.717, 1.165) is 19.0 Å². The Balaban J connectivity index is 2.65. The number of rotatable bonds is 6. The topological polar surface area (TPSA) is 29.3 Å². The van der Waals surface area contributed by atoms with Gasteiger partial charge in [-0.15, -0.1) is 0 Å². The molecule has 102 valence electrons. The third kappa shape index (κ3) is 3.45. The minimum Gasteiger partial charge on any atom is -0.329 e. The lowest BCUT2D eigenvalue weighted by atomic mass is 9.73. The molecule has 0 atom stereocenters. The monoisotopic (exact) mass is 240 g/mol. The van der Waals surface area contributed by atoms with Crippen molar-refractivity contribution in [2.24, 2.45) is 11.7 Å². The summed E-state index contributed by atoms with van der Waals surface area (Å²) in [5.41, 5.74) is 6.43. The Morgan fingerprint density at radius 1 is 1.24 bits per heavy atom. The predicted octanol–water partition coefficient (Wildman–Crippen LogP) is 3.40. The van der Waals surface area contributed by atoms with Gasteiger partial charge in [-0.3, -0.25) is 4.90 Å².